The maximum Gasteiger partial charge on any atom is 0.238 e. The predicted molar refractivity (Wildman–Crippen MR) is 102 cm³/mol. The van der Waals surface area contributed by atoms with Crippen molar-refractivity contribution in [1.82, 2.24) is 19.7 Å². The molecule has 1 aliphatic carbocycles. The minimum Gasteiger partial charge on any atom is -0.325 e. The van der Waals surface area contributed by atoms with Crippen LogP contribution in [0.5, 0.6) is 0 Å². The molecule has 1 aromatic carbocycles. The van der Waals surface area contributed by atoms with Gasteiger partial charge in [-0.3, -0.25) is 9.48 Å². The van der Waals surface area contributed by atoms with Gasteiger partial charge in [-0.05, 0) is 36.6 Å². The zero-order chi connectivity index (χ0) is 17.7. The van der Waals surface area contributed by atoms with E-state index >= 15 is 0 Å². The molecule has 3 aromatic rings. The number of anilines is 1. The van der Waals surface area contributed by atoms with Crippen LogP contribution in [0.25, 0.3) is 11.0 Å². The minimum atomic E-state index is -0.433. The van der Waals surface area contributed by atoms with E-state index in [0.29, 0.717) is 11.7 Å². The SMILES string of the molecule is O=C1Nc2ccc(Br)cc2C1c1ncnc2nn(C3CCCCC3)cc12. The van der Waals surface area contributed by atoms with Crippen LogP contribution in [0, 0.1) is 0 Å². The summed E-state index contributed by atoms with van der Waals surface area (Å²) in [6.07, 6.45) is 9.63. The highest BCUT2D eigenvalue weighted by Gasteiger charge is 2.35. The summed E-state index contributed by atoms with van der Waals surface area (Å²) in [6.45, 7) is 0. The highest BCUT2D eigenvalue weighted by molar-refractivity contribution is 9.10. The molecule has 26 heavy (non-hydrogen) atoms. The summed E-state index contributed by atoms with van der Waals surface area (Å²) in [5, 5.41) is 8.52. The van der Waals surface area contributed by atoms with Crippen molar-refractivity contribution in [2.24, 2.45) is 0 Å². The molecule has 1 N–H and O–H groups in total. The fourth-order valence-corrected chi connectivity index (χ4v) is 4.52. The highest BCUT2D eigenvalue weighted by Crippen LogP contribution is 2.40. The molecule has 2 aliphatic rings. The molecule has 3 heterocycles. The summed E-state index contributed by atoms with van der Waals surface area (Å²) in [6, 6.07) is 6.25. The number of carbonyl (C=O) groups is 1. The summed E-state index contributed by atoms with van der Waals surface area (Å²) in [7, 11) is 0. The Kier molecular flexibility index (Phi) is 3.77. The van der Waals surface area contributed by atoms with Crippen molar-refractivity contribution < 1.29 is 4.79 Å². The van der Waals surface area contributed by atoms with Gasteiger partial charge in [0.2, 0.25) is 5.91 Å². The molecule has 0 bridgehead atoms. The van der Waals surface area contributed by atoms with Gasteiger partial charge < -0.3 is 5.32 Å². The number of fused-ring (bicyclic) bond motifs is 2. The number of benzene rings is 1. The minimum absolute atomic E-state index is 0.0523. The number of nitrogens with one attached hydrogen (secondary N) is 1. The smallest absolute Gasteiger partial charge is 0.238 e. The summed E-state index contributed by atoms with van der Waals surface area (Å²) in [5.41, 5.74) is 3.17. The number of nitrogens with zero attached hydrogens (tertiary/aromatic N) is 4. The molecule has 0 spiro atoms. The summed E-state index contributed by atoms with van der Waals surface area (Å²) < 4.78 is 2.98. The highest BCUT2D eigenvalue weighted by atomic mass is 79.9. The van der Waals surface area contributed by atoms with Gasteiger partial charge in [-0.25, -0.2) is 9.97 Å². The molecule has 2 aromatic heterocycles. The standard InChI is InChI=1S/C19H18BrN5O/c20-11-6-7-15-13(8-11)16(19(26)23-15)17-14-9-25(12-4-2-1-3-5-12)24-18(14)22-10-21-17/h6-10,12,16H,1-5H2,(H,23,26). The average Bonchev–Trinajstić information content (AvgIpc) is 3.23. The number of amides is 1. The van der Waals surface area contributed by atoms with Crippen molar-refractivity contribution in [2.45, 2.75) is 44.1 Å². The maximum atomic E-state index is 12.7. The van der Waals surface area contributed by atoms with E-state index in [0.717, 1.165) is 39.6 Å². The van der Waals surface area contributed by atoms with E-state index in [1.165, 1.54) is 25.6 Å². The van der Waals surface area contributed by atoms with E-state index in [9.17, 15) is 4.79 Å². The van der Waals surface area contributed by atoms with Crippen LogP contribution in [0.15, 0.2) is 35.2 Å². The Labute approximate surface area is 159 Å². The van der Waals surface area contributed by atoms with Gasteiger partial charge in [0.25, 0.3) is 0 Å². The van der Waals surface area contributed by atoms with Gasteiger partial charge >= 0.3 is 0 Å². The topological polar surface area (TPSA) is 72.7 Å². The number of aromatic nitrogens is 4. The molecule has 1 aliphatic heterocycles. The third-order valence-corrected chi connectivity index (χ3v) is 5.93. The normalized spacial score (nSPS) is 20.3. The molecule has 1 saturated carbocycles. The van der Waals surface area contributed by atoms with E-state index in [-0.39, 0.29) is 5.91 Å². The van der Waals surface area contributed by atoms with Crippen LogP contribution in [-0.2, 0) is 4.79 Å². The lowest BCUT2D eigenvalue weighted by Gasteiger charge is -2.21. The van der Waals surface area contributed by atoms with Crippen molar-refractivity contribution in [1.29, 1.82) is 0 Å². The van der Waals surface area contributed by atoms with Crippen molar-refractivity contribution in [3.8, 4) is 0 Å². The quantitative estimate of drug-likeness (QED) is 0.686. The fraction of sp³-hybridized carbons (Fsp3) is 0.368. The number of rotatable bonds is 2. The van der Waals surface area contributed by atoms with E-state index in [1.807, 2.05) is 29.1 Å². The molecule has 1 unspecified atom stereocenters. The number of carbonyl (C=O) groups excluding carboxylic acids is 1. The lowest BCUT2D eigenvalue weighted by molar-refractivity contribution is -0.116. The molecular formula is C19H18BrN5O. The van der Waals surface area contributed by atoms with Gasteiger partial charge in [-0.2, -0.15) is 5.10 Å². The van der Waals surface area contributed by atoms with Crippen LogP contribution in [-0.4, -0.2) is 25.7 Å². The number of hydrogen-bond donors (Lipinski definition) is 1. The summed E-state index contributed by atoms with van der Waals surface area (Å²) in [5.74, 6) is -0.486. The molecule has 0 saturated heterocycles. The maximum absolute atomic E-state index is 12.7. The van der Waals surface area contributed by atoms with Crippen molar-refractivity contribution >= 4 is 38.6 Å². The molecule has 1 amide bonds. The van der Waals surface area contributed by atoms with Gasteiger partial charge in [0.1, 0.15) is 12.2 Å². The first kappa shape index (κ1) is 15.9. The molecular weight excluding hydrogens is 394 g/mol. The molecule has 1 fully saturated rings. The number of halogens is 1. The Morgan fingerprint density at radius 3 is 2.85 bits per heavy atom. The molecule has 132 valence electrons. The molecule has 5 rings (SSSR count). The van der Waals surface area contributed by atoms with E-state index < -0.39 is 5.92 Å². The second kappa shape index (κ2) is 6.16. The second-order valence-electron chi connectivity index (χ2n) is 7.05. The van der Waals surface area contributed by atoms with E-state index in [1.54, 1.807) is 0 Å². The van der Waals surface area contributed by atoms with Gasteiger partial charge in [0, 0.05) is 16.4 Å². The van der Waals surface area contributed by atoms with Crippen LogP contribution < -0.4 is 5.32 Å². The predicted octanol–water partition coefficient (Wildman–Crippen LogP) is 4.18. The fourth-order valence-electron chi connectivity index (χ4n) is 4.14. The first-order valence-corrected chi connectivity index (χ1v) is 9.80. The zero-order valence-electron chi connectivity index (χ0n) is 14.2. The Balaban J connectivity index is 1.62. The molecule has 0 radical (unpaired) electrons. The Bertz CT molecular complexity index is 1010. The van der Waals surface area contributed by atoms with Gasteiger partial charge in [0.15, 0.2) is 5.65 Å². The summed E-state index contributed by atoms with van der Waals surface area (Å²) >= 11 is 3.50. The first-order valence-electron chi connectivity index (χ1n) is 9.01. The van der Waals surface area contributed by atoms with Crippen LogP contribution in [0.3, 0.4) is 0 Å². The van der Waals surface area contributed by atoms with Gasteiger partial charge in [-0.15, -0.1) is 0 Å². The molecule has 1 atom stereocenters. The van der Waals surface area contributed by atoms with Crippen molar-refractivity contribution in [2.75, 3.05) is 5.32 Å². The van der Waals surface area contributed by atoms with Crippen LogP contribution >= 0.6 is 15.9 Å². The lowest BCUT2D eigenvalue weighted by atomic mass is 9.95. The second-order valence-corrected chi connectivity index (χ2v) is 7.97. The molecule has 7 heteroatoms. The molecule has 6 nitrogen and oxygen atoms in total. The Morgan fingerprint density at radius 1 is 1.15 bits per heavy atom. The Morgan fingerprint density at radius 2 is 2.00 bits per heavy atom. The van der Waals surface area contributed by atoms with Crippen molar-refractivity contribution in [3.63, 3.8) is 0 Å². The first-order chi connectivity index (χ1) is 12.7. The largest absolute Gasteiger partial charge is 0.325 e. The lowest BCUT2D eigenvalue weighted by Crippen LogP contribution is -2.15. The van der Waals surface area contributed by atoms with Crippen LogP contribution in [0.4, 0.5) is 5.69 Å². The van der Waals surface area contributed by atoms with Gasteiger partial charge in [-0.1, -0.05) is 35.2 Å². The summed E-state index contributed by atoms with van der Waals surface area (Å²) in [4.78, 5) is 21.5. The van der Waals surface area contributed by atoms with Crippen LogP contribution in [0.1, 0.15) is 55.3 Å². The van der Waals surface area contributed by atoms with E-state index in [4.69, 9.17) is 5.10 Å². The monoisotopic (exact) mass is 411 g/mol. The van der Waals surface area contributed by atoms with Crippen LogP contribution in [0.2, 0.25) is 0 Å². The van der Waals surface area contributed by atoms with E-state index in [2.05, 4.69) is 31.2 Å². The Hall–Kier alpha value is -2.28. The average molecular weight is 412 g/mol. The number of hydrogen-bond acceptors (Lipinski definition) is 4. The van der Waals surface area contributed by atoms with Crippen molar-refractivity contribution in [3.05, 3.63) is 46.5 Å². The third-order valence-electron chi connectivity index (χ3n) is 5.43. The third kappa shape index (κ3) is 2.53. The zero-order valence-corrected chi connectivity index (χ0v) is 15.7. The van der Waals surface area contributed by atoms with Gasteiger partial charge in [0.05, 0.1) is 17.1 Å².